The van der Waals surface area contributed by atoms with E-state index in [4.69, 9.17) is 10.2 Å². The summed E-state index contributed by atoms with van der Waals surface area (Å²) < 4.78 is 32.6. The maximum absolute atomic E-state index is 12.4. The third kappa shape index (κ3) is 2.69. The zero-order valence-corrected chi connectivity index (χ0v) is 13.1. The summed E-state index contributed by atoms with van der Waals surface area (Å²) in [6.45, 7) is 5.30. The summed E-state index contributed by atoms with van der Waals surface area (Å²) >= 11 is 1.21. The zero-order valence-electron chi connectivity index (χ0n) is 11.4. The number of rotatable bonds is 5. The van der Waals surface area contributed by atoms with Crippen LogP contribution in [0.1, 0.15) is 29.0 Å². The number of sulfonamides is 1. The first kappa shape index (κ1) is 14.9. The first-order chi connectivity index (χ1) is 9.39. The molecule has 0 unspecified atom stereocenters. The van der Waals surface area contributed by atoms with Gasteiger partial charge in [-0.25, -0.2) is 8.42 Å². The van der Waals surface area contributed by atoms with Crippen molar-refractivity contribution in [2.75, 3.05) is 4.72 Å². The molecule has 9 heteroatoms. The van der Waals surface area contributed by atoms with Gasteiger partial charge in [0.25, 0.3) is 10.0 Å². The van der Waals surface area contributed by atoms with Crippen LogP contribution in [0.15, 0.2) is 9.31 Å². The molecule has 0 aliphatic heterocycles. The van der Waals surface area contributed by atoms with Crippen LogP contribution in [0, 0.1) is 13.8 Å². The summed E-state index contributed by atoms with van der Waals surface area (Å²) in [4.78, 5) is 0.0887. The lowest BCUT2D eigenvalue weighted by molar-refractivity contribution is 0.494. The number of aryl methyl sites for hydroxylation is 3. The molecule has 0 spiro atoms. The maximum Gasteiger partial charge on any atom is 0.267 e. The average Bonchev–Trinajstić information content (AvgIpc) is 2.92. The van der Waals surface area contributed by atoms with E-state index in [1.165, 1.54) is 11.3 Å². The molecule has 0 saturated carbocycles. The molecule has 7 nitrogen and oxygen atoms in total. The van der Waals surface area contributed by atoms with Crippen molar-refractivity contribution in [1.29, 1.82) is 0 Å². The first-order valence-electron chi connectivity index (χ1n) is 6.03. The van der Waals surface area contributed by atoms with Crippen LogP contribution in [0.4, 0.5) is 5.13 Å². The number of furan rings is 1. The lowest BCUT2D eigenvalue weighted by Crippen LogP contribution is -2.16. The van der Waals surface area contributed by atoms with Gasteiger partial charge in [0.1, 0.15) is 21.4 Å². The Labute approximate surface area is 121 Å². The number of nitrogens with two attached hydrogens (primary N) is 1. The fraction of sp³-hybridized carbons (Fsp3) is 0.455. The Morgan fingerprint density at radius 2 is 2.00 bits per heavy atom. The Bertz CT molecular complexity index is 718. The van der Waals surface area contributed by atoms with Crippen molar-refractivity contribution < 1.29 is 12.8 Å². The van der Waals surface area contributed by atoms with Gasteiger partial charge in [0.05, 0.1) is 0 Å². The van der Waals surface area contributed by atoms with Gasteiger partial charge in [0, 0.05) is 12.1 Å². The van der Waals surface area contributed by atoms with Crippen LogP contribution in [-0.4, -0.2) is 18.6 Å². The van der Waals surface area contributed by atoms with Crippen molar-refractivity contribution >= 4 is 26.5 Å². The molecule has 20 heavy (non-hydrogen) atoms. The number of hydrogen-bond acceptors (Lipinski definition) is 7. The predicted octanol–water partition coefficient (Wildman–Crippen LogP) is 1.57. The highest BCUT2D eigenvalue weighted by atomic mass is 32.2. The largest absolute Gasteiger partial charge is 0.465 e. The van der Waals surface area contributed by atoms with Gasteiger partial charge in [-0.05, 0) is 20.3 Å². The molecule has 3 N–H and O–H groups in total. The number of nitrogens with one attached hydrogen (secondary N) is 1. The van der Waals surface area contributed by atoms with E-state index in [9.17, 15) is 8.42 Å². The van der Waals surface area contributed by atoms with Gasteiger partial charge < -0.3 is 10.2 Å². The van der Waals surface area contributed by atoms with Gasteiger partial charge in [-0.15, -0.1) is 10.2 Å². The van der Waals surface area contributed by atoms with E-state index in [2.05, 4.69) is 14.9 Å². The molecule has 0 aliphatic carbocycles. The van der Waals surface area contributed by atoms with Crippen LogP contribution in [0.3, 0.4) is 0 Å². The zero-order chi connectivity index (χ0) is 14.9. The summed E-state index contributed by atoms with van der Waals surface area (Å²) in [5, 5.41) is 8.69. The van der Waals surface area contributed by atoms with Gasteiger partial charge >= 0.3 is 0 Å². The third-order valence-corrected chi connectivity index (χ3v) is 5.43. The molecule has 0 atom stereocenters. The lowest BCUT2D eigenvalue weighted by atomic mass is 10.2. The van der Waals surface area contributed by atoms with Gasteiger partial charge in [-0.2, -0.15) is 0 Å². The topological polar surface area (TPSA) is 111 Å². The standard InChI is InChI=1S/C11H16N4O3S2/c1-4-9-13-14-11(19-9)15-20(16,17)10-7(3)18-6(2)8(10)5-12/h4-5,12H2,1-3H3,(H,14,15). The number of anilines is 1. The Kier molecular flexibility index (Phi) is 4.11. The van der Waals surface area contributed by atoms with Crippen LogP contribution < -0.4 is 10.5 Å². The van der Waals surface area contributed by atoms with Crippen molar-refractivity contribution in [3.63, 3.8) is 0 Å². The number of aromatic nitrogens is 2. The minimum Gasteiger partial charge on any atom is -0.465 e. The highest BCUT2D eigenvalue weighted by molar-refractivity contribution is 7.93. The van der Waals surface area contributed by atoms with Gasteiger partial charge in [-0.3, -0.25) is 4.72 Å². The van der Waals surface area contributed by atoms with E-state index in [1.54, 1.807) is 13.8 Å². The van der Waals surface area contributed by atoms with Gasteiger partial charge in [0.2, 0.25) is 5.13 Å². The molecule has 0 aromatic carbocycles. The lowest BCUT2D eigenvalue weighted by Gasteiger charge is -2.05. The van der Waals surface area contributed by atoms with Crippen LogP contribution in [-0.2, 0) is 23.0 Å². The molecule has 2 aromatic heterocycles. The second kappa shape index (κ2) is 5.51. The normalized spacial score (nSPS) is 11.8. The molecule has 110 valence electrons. The van der Waals surface area contributed by atoms with Crippen molar-refractivity contribution in [1.82, 2.24) is 10.2 Å². The fourth-order valence-corrected chi connectivity index (χ4v) is 4.27. The van der Waals surface area contributed by atoms with E-state index in [0.717, 1.165) is 5.01 Å². The molecule has 2 rings (SSSR count). The summed E-state index contributed by atoms with van der Waals surface area (Å²) in [5.41, 5.74) is 6.08. The SMILES string of the molecule is CCc1nnc(NS(=O)(=O)c2c(C)oc(C)c2CN)s1. The monoisotopic (exact) mass is 316 g/mol. The molecule has 0 fully saturated rings. The molecule has 0 saturated heterocycles. The van der Waals surface area contributed by atoms with Crippen molar-refractivity contribution in [2.24, 2.45) is 5.73 Å². The minimum absolute atomic E-state index is 0.0887. The second-order valence-corrected chi connectivity index (χ2v) is 6.87. The van der Waals surface area contributed by atoms with E-state index >= 15 is 0 Å². The molecule has 0 amide bonds. The summed E-state index contributed by atoms with van der Waals surface area (Å²) in [6, 6.07) is 0. The van der Waals surface area contributed by atoms with Crippen LogP contribution >= 0.6 is 11.3 Å². The van der Waals surface area contributed by atoms with E-state index in [1.807, 2.05) is 6.92 Å². The number of hydrogen-bond donors (Lipinski definition) is 2. The van der Waals surface area contributed by atoms with Crippen LogP contribution in [0.25, 0.3) is 0 Å². The molecule has 0 bridgehead atoms. The van der Waals surface area contributed by atoms with E-state index in [-0.39, 0.29) is 16.6 Å². The highest BCUT2D eigenvalue weighted by Gasteiger charge is 2.27. The van der Waals surface area contributed by atoms with Gasteiger partial charge in [0.15, 0.2) is 0 Å². The number of nitrogens with zero attached hydrogens (tertiary/aromatic N) is 2. The van der Waals surface area contributed by atoms with Crippen LogP contribution in [0.5, 0.6) is 0 Å². The molecular weight excluding hydrogens is 300 g/mol. The van der Waals surface area contributed by atoms with Crippen molar-refractivity contribution in [3.8, 4) is 0 Å². The van der Waals surface area contributed by atoms with E-state index in [0.29, 0.717) is 23.5 Å². The fourth-order valence-electron chi connectivity index (χ4n) is 1.90. The van der Waals surface area contributed by atoms with Crippen molar-refractivity contribution in [3.05, 3.63) is 22.1 Å². The third-order valence-electron chi connectivity index (χ3n) is 2.79. The highest BCUT2D eigenvalue weighted by Crippen LogP contribution is 2.28. The summed E-state index contributed by atoms with van der Waals surface area (Å²) in [7, 11) is -3.78. The Morgan fingerprint density at radius 1 is 1.30 bits per heavy atom. The van der Waals surface area contributed by atoms with Gasteiger partial charge in [-0.1, -0.05) is 18.3 Å². The molecule has 0 aliphatic rings. The quantitative estimate of drug-likeness (QED) is 0.866. The smallest absolute Gasteiger partial charge is 0.267 e. The Hall–Kier alpha value is -1.45. The summed E-state index contributed by atoms with van der Waals surface area (Å²) in [6.07, 6.45) is 0.706. The van der Waals surface area contributed by atoms with E-state index < -0.39 is 10.0 Å². The van der Waals surface area contributed by atoms with Crippen molar-refractivity contribution in [2.45, 2.75) is 38.6 Å². The molecule has 0 radical (unpaired) electrons. The molecule has 2 heterocycles. The minimum atomic E-state index is -3.78. The Balaban J connectivity index is 2.40. The van der Waals surface area contributed by atoms with Crippen LogP contribution in [0.2, 0.25) is 0 Å². The molecular formula is C11H16N4O3S2. The molecule has 2 aromatic rings. The predicted molar refractivity (Wildman–Crippen MR) is 76.2 cm³/mol. The second-order valence-electron chi connectivity index (χ2n) is 4.19. The summed E-state index contributed by atoms with van der Waals surface area (Å²) in [5.74, 6) is 0.826. The Morgan fingerprint density at radius 3 is 2.55 bits per heavy atom. The maximum atomic E-state index is 12.4. The first-order valence-corrected chi connectivity index (χ1v) is 8.33. The average molecular weight is 316 g/mol.